The Morgan fingerprint density at radius 2 is 2.15 bits per heavy atom. The minimum atomic E-state index is -0.480. The van der Waals surface area contributed by atoms with E-state index in [2.05, 4.69) is 6.58 Å². The fraction of sp³-hybridized carbons (Fsp3) is 0.438. The van der Waals surface area contributed by atoms with Crippen LogP contribution in [0.25, 0.3) is 0 Å². The van der Waals surface area contributed by atoms with Crippen LogP contribution in [0, 0.1) is 0 Å². The average Bonchev–Trinajstić information content (AvgIpc) is 2.49. The fourth-order valence-electron chi connectivity index (χ4n) is 1.97. The molecule has 110 valence electrons. The lowest BCUT2D eigenvalue weighted by molar-refractivity contribution is -0.132. The second kappa shape index (κ2) is 9.28. The van der Waals surface area contributed by atoms with E-state index in [4.69, 9.17) is 10.5 Å². The van der Waals surface area contributed by atoms with Gasteiger partial charge in [-0.3, -0.25) is 4.79 Å². The van der Waals surface area contributed by atoms with E-state index in [1.807, 2.05) is 30.3 Å². The molecule has 0 radical (unpaired) electrons. The predicted molar refractivity (Wildman–Crippen MR) is 81.4 cm³/mol. The van der Waals surface area contributed by atoms with Crippen LogP contribution < -0.4 is 5.73 Å². The van der Waals surface area contributed by atoms with Gasteiger partial charge >= 0.3 is 0 Å². The van der Waals surface area contributed by atoms with Crippen molar-refractivity contribution in [3.8, 4) is 0 Å². The van der Waals surface area contributed by atoms with Gasteiger partial charge in [-0.25, -0.2) is 0 Å². The highest BCUT2D eigenvalue weighted by molar-refractivity contribution is 5.81. The molecule has 4 nitrogen and oxygen atoms in total. The number of amides is 1. The van der Waals surface area contributed by atoms with Crippen molar-refractivity contribution in [2.75, 3.05) is 26.8 Å². The van der Waals surface area contributed by atoms with Crippen LogP contribution in [0.15, 0.2) is 43.0 Å². The minimum absolute atomic E-state index is 0.0436. The third kappa shape index (κ3) is 5.55. The molecule has 1 unspecified atom stereocenters. The maximum absolute atomic E-state index is 12.3. The van der Waals surface area contributed by atoms with Crippen molar-refractivity contribution in [3.63, 3.8) is 0 Å². The summed E-state index contributed by atoms with van der Waals surface area (Å²) in [6, 6.07) is 9.57. The van der Waals surface area contributed by atoms with E-state index >= 15 is 0 Å². The third-order valence-corrected chi connectivity index (χ3v) is 3.13. The number of carbonyl (C=O) groups is 1. The largest absolute Gasteiger partial charge is 0.383 e. The van der Waals surface area contributed by atoms with Crippen molar-refractivity contribution in [3.05, 3.63) is 48.6 Å². The molecule has 0 heterocycles. The van der Waals surface area contributed by atoms with Crippen molar-refractivity contribution in [1.82, 2.24) is 4.90 Å². The summed E-state index contributed by atoms with van der Waals surface area (Å²) in [4.78, 5) is 13.9. The molecule has 0 aromatic heterocycles. The monoisotopic (exact) mass is 276 g/mol. The number of methoxy groups -OCH3 is 1. The lowest BCUT2D eigenvalue weighted by atomic mass is 10.0. The lowest BCUT2D eigenvalue weighted by Crippen LogP contribution is -2.45. The SMILES string of the molecule is C=CCN(CCOC)C(=O)C(N)CCc1ccccc1. The lowest BCUT2D eigenvalue weighted by Gasteiger charge is -2.24. The van der Waals surface area contributed by atoms with Gasteiger partial charge in [0.05, 0.1) is 12.6 Å². The molecule has 4 heteroatoms. The molecule has 1 rings (SSSR count). The van der Waals surface area contributed by atoms with Crippen LogP contribution in [0.3, 0.4) is 0 Å². The van der Waals surface area contributed by atoms with Crippen LogP contribution in [-0.4, -0.2) is 43.7 Å². The molecule has 1 aromatic carbocycles. The van der Waals surface area contributed by atoms with Crippen LogP contribution in [0.2, 0.25) is 0 Å². The second-order valence-electron chi connectivity index (χ2n) is 4.70. The van der Waals surface area contributed by atoms with Crippen molar-refractivity contribution >= 4 is 5.91 Å². The van der Waals surface area contributed by atoms with E-state index in [9.17, 15) is 4.79 Å². The maximum Gasteiger partial charge on any atom is 0.239 e. The molecule has 1 aromatic rings. The fourth-order valence-corrected chi connectivity index (χ4v) is 1.97. The molecule has 0 aliphatic carbocycles. The average molecular weight is 276 g/mol. The first-order chi connectivity index (χ1) is 9.69. The van der Waals surface area contributed by atoms with Gasteiger partial charge in [-0.05, 0) is 18.4 Å². The van der Waals surface area contributed by atoms with Gasteiger partial charge in [-0.15, -0.1) is 6.58 Å². The first kappa shape index (κ1) is 16.4. The summed E-state index contributed by atoms with van der Waals surface area (Å²) in [5.41, 5.74) is 7.20. The molecular formula is C16H24N2O2. The normalized spacial score (nSPS) is 11.9. The zero-order chi connectivity index (χ0) is 14.8. The highest BCUT2D eigenvalue weighted by Crippen LogP contribution is 2.06. The first-order valence-electron chi connectivity index (χ1n) is 6.87. The number of carbonyl (C=O) groups excluding carboxylic acids is 1. The molecule has 0 aliphatic rings. The van der Waals surface area contributed by atoms with E-state index in [1.165, 1.54) is 5.56 Å². The molecule has 0 saturated carbocycles. The van der Waals surface area contributed by atoms with Crippen LogP contribution in [-0.2, 0) is 16.0 Å². The molecule has 0 fully saturated rings. The number of benzene rings is 1. The number of nitrogens with zero attached hydrogens (tertiary/aromatic N) is 1. The molecule has 1 atom stereocenters. The summed E-state index contributed by atoms with van der Waals surface area (Å²) >= 11 is 0. The Balaban J connectivity index is 2.48. The first-order valence-corrected chi connectivity index (χ1v) is 6.87. The summed E-state index contributed by atoms with van der Waals surface area (Å²) in [5.74, 6) is -0.0436. The third-order valence-electron chi connectivity index (χ3n) is 3.13. The summed E-state index contributed by atoms with van der Waals surface area (Å²) in [5, 5.41) is 0. The van der Waals surface area contributed by atoms with Crippen molar-refractivity contribution in [2.45, 2.75) is 18.9 Å². The number of hydrogen-bond acceptors (Lipinski definition) is 3. The Morgan fingerprint density at radius 3 is 2.75 bits per heavy atom. The van der Waals surface area contributed by atoms with Gasteiger partial charge in [-0.2, -0.15) is 0 Å². The summed E-state index contributed by atoms with van der Waals surface area (Å²) < 4.78 is 5.01. The molecule has 0 aliphatic heterocycles. The van der Waals surface area contributed by atoms with Crippen LogP contribution in [0.5, 0.6) is 0 Å². The molecule has 20 heavy (non-hydrogen) atoms. The number of hydrogen-bond donors (Lipinski definition) is 1. The summed E-state index contributed by atoms with van der Waals surface area (Å²) in [7, 11) is 1.62. The van der Waals surface area contributed by atoms with Gasteiger partial charge in [0.1, 0.15) is 0 Å². The minimum Gasteiger partial charge on any atom is -0.383 e. The Hall–Kier alpha value is -1.65. The van der Waals surface area contributed by atoms with E-state index < -0.39 is 6.04 Å². The van der Waals surface area contributed by atoms with Gasteiger partial charge in [0.25, 0.3) is 0 Å². The Kier molecular flexibility index (Phi) is 7.62. The van der Waals surface area contributed by atoms with E-state index in [0.29, 0.717) is 26.1 Å². The summed E-state index contributed by atoms with van der Waals surface area (Å²) in [6.45, 7) is 5.22. The number of rotatable bonds is 9. The van der Waals surface area contributed by atoms with Crippen LogP contribution in [0.4, 0.5) is 0 Å². The molecule has 0 bridgehead atoms. The van der Waals surface area contributed by atoms with Gasteiger partial charge in [0.15, 0.2) is 0 Å². The Labute approximate surface area is 121 Å². The molecular weight excluding hydrogens is 252 g/mol. The van der Waals surface area contributed by atoms with E-state index in [0.717, 1.165) is 6.42 Å². The van der Waals surface area contributed by atoms with Crippen LogP contribution >= 0.6 is 0 Å². The Morgan fingerprint density at radius 1 is 1.45 bits per heavy atom. The molecule has 0 saturated heterocycles. The quantitative estimate of drug-likeness (QED) is 0.697. The number of nitrogens with two attached hydrogens (primary N) is 1. The van der Waals surface area contributed by atoms with E-state index in [-0.39, 0.29) is 5.91 Å². The molecule has 2 N–H and O–H groups in total. The molecule has 1 amide bonds. The zero-order valence-electron chi connectivity index (χ0n) is 12.1. The molecule has 0 spiro atoms. The highest BCUT2D eigenvalue weighted by Gasteiger charge is 2.19. The maximum atomic E-state index is 12.3. The van der Waals surface area contributed by atoms with Crippen molar-refractivity contribution < 1.29 is 9.53 Å². The number of ether oxygens (including phenoxy) is 1. The standard InChI is InChI=1S/C16H24N2O2/c1-3-11-18(12-13-20-2)16(19)15(17)10-9-14-7-5-4-6-8-14/h3-8,15H,1,9-13,17H2,2H3. The second-order valence-corrected chi connectivity index (χ2v) is 4.70. The predicted octanol–water partition coefficient (Wildman–Crippen LogP) is 1.61. The Bertz CT molecular complexity index is 406. The van der Waals surface area contributed by atoms with Crippen LogP contribution in [0.1, 0.15) is 12.0 Å². The topological polar surface area (TPSA) is 55.6 Å². The smallest absolute Gasteiger partial charge is 0.239 e. The van der Waals surface area contributed by atoms with Gasteiger partial charge in [0, 0.05) is 20.2 Å². The van der Waals surface area contributed by atoms with Gasteiger partial charge < -0.3 is 15.4 Å². The summed E-state index contributed by atoms with van der Waals surface area (Å²) in [6.07, 6.45) is 3.15. The van der Waals surface area contributed by atoms with Crippen molar-refractivity contribution in [2.24, 2.45) is 5.73 Å². The van der Waals surface area contributed by atoms with Gasteiger partial charge in [-0.1, -0.05) is 36.4 Å². The van der Waals surface area contributed by atoms with Gasteiger partial charge in [0.2, 0.25) is 5.91 Å². The zero-order valence-corrected chi connectivity index (χ0v) is 12.1. The van der Waals surface area contributed by atoms with E-state index in [1.54, 1.807) is 18.1 Å². The highest BCUT2D eigenvalue weighted by atomic mass is 16.5. The van der Waals surface area contributed by atoms with Crippen molar-refractivity contribution in [1.29, 1.82) is 0 Å². The number of aryl methyl sites for hydroxylation is 1.